The number of carbonyl (C=O) groups is 1. The van der Waals surface area contributed by atoms with E-state index in [9.17, 15) is 18.0 Å². The molecule has 0 radical (unpaired) electrons. The van der Waals surface area contributed by atoms with Crippen molar-refractivity contribution in [1.82, 2.24) is 10.3 Å². The van der Waals surface area contributed by atoms with Gasteiger partial charge >= 0.3 is 12.2 Å². The van der Waals surface area contributed by atoms with E-state index >= 15 is 0 Å². The molecule has 0 fully saturated rings. The van der Waals surface area contributed by atoms with Crippen LogP contribution >= 0.6 is 0 Å². The van der Waals surface area contributed by atoms with Crippen LogP contribution in [-0.4, -0.2) is 24.4 Å². The van der Waals surface area contributed by atoms with Gasteiger partial charge in [-0.3, -0.25) is 9.88 Å². The van der Waals surface area contributed by atoms with Crippen LogP contribution in [0.4, 0.5) is 23.7 Å². The van der Waals surface area contributed by atoms with E-state index in [2.05, 4.69) is 10.3 Å². The maximum atomic E-state index is 13.2. The van der Waals surface area contributed by atoms with Gasteiger partial charge in [-0.05, 0) is 30.3 Å². The number of alkyl halides is 3. The number of amides is 2. The molecule has 0 saturated carbocycles. The van der Waals surface area contributed by atoms with E-state index in [0.717, 1.165) is 6.07 Å². The minimum Gasteiger partial charge on any atom is -0.490 e. The zero-order valence-corrected chi connectivity index (χ0v) is 16.2. The fourth-order valence-electron chi connectivity index (χ4n) is 4.23. The fraction of sp³-hybridized carbons (Fsp3) is 0.238. The molecule has 3 aliphatic heterocycles. The summed E-state index contributed by atoms with van der Waals surface area (Å²) in [6.07, 6.45) is -3.03. The number of halogens is 3. The lowest BCUT2D eigenvalue weighted by molar-refractivity contribution is -0.153. The largest absolute Gasteiger partial charge is 0.490 e. The normalized spacial score (nSPS) is 20.7. The van der Waals surface area contributed by atoms with Gasteiger partial charge in [-0.25, -0.2) is 4.79 Å². The van der Waals surface area contributed by atoms with Crippen molar-refractivity contribution in [2.75, 3.05) is 18.3 Å². The first kappa shape index (κ1) is 18.8. The molecular formula is C21H14F3N3O5. The van der Waals surface area contributed by atoms with Crippen molar-refractivity contribution in [2.45, 2.75) is 18.3 Å². The van der Waals surface area contributed by atoms with E-state index in [4.69, 9.17) is 18.6 Å². The van der Waals surface area contributed by atoms with Crippen LogP contribution in [0.3, 0.4) is 0 Å². The molecule has 1 spiro atoms. The molecule has 5 heterocycles. The van der Waals surface area contributed by atoms with E-state index in [0.29, 0.717) is 34.2 Å². The smallest absolute Gasteiger partial charge is 0.449 e. The monoisotopic (exact) mass is 445 g/mol. The first-order valence-electron chi connectivity index (χ1n) is 9.63. The summed E-state index contributed by atoms with van der Waals surface area (Å²) in [6, 6.07) is 8.30. The van der Waals surface area contributed by atoms with Crippen LogP contribution < -0.4 is 24.4 Å². The number of ether oxygens (including phenoxy) is 3. The number of pyridine rings is 1. The van der Waals surface area contributed by atoms with Crippen LogP contribution in [0.25, 0.3) is 0 Å². The van der Waals surface area contributed by atoms with E-state index in [1.807, 2.05) is 0 Å². The van der Waals surface area contributed by atoms with Gasteiger partial charge in [0.05, 0.1) is 17.9 Å². The van der Waals surface area contributed by atoms with Crippen LogP contribution in [0.5, 0.6) is 17.2 Å². The van der Waals surface area contributed by atoms with Crippen molar-refractivity contribution >= 4 is 11.7 Å². The number of nitrogens with one attached hydrogen (secondary N) is 1. The molecule has 2 amide bonds. The summed E-state index contributed by atoms with van der Waals surface area (Å²) in [5.74, 6) is 0.467. The van der Waals surface area contributed by atoms with Gasteiger partial charge in [0.15, 0.2) is 11.5 Å². The second kappa shape index (κ2) is 6.31. The molecule has 2 aromatic heterocycles. The molecule has 0 saturated heterocycles. The van der Waals surface area contributed by atoms with Gasteiger partial charge in [0.2, 0.25) is 12.6 Å². The van der Waals surface area contributed by atoms with Crippen molar-refractivity contribution in [2.24, 2.45) is 0 Å². The predicted molar refractivity (Wildman–Crippen MR) is 102 cm³/mol. The Morgan fingerprint density at radius 1 is 1.09 bits per heavy atom. The van der Waals surface area contributed by atoms with Crippen molar-refractivity contribution < 1.29 is 36.6 Å². The number of benzene rings is 1. The second-order valence-electron chi connectivity index (χ2n) is 7.55. The van der Waals surface area contributed by atoms with Gasteiger partial charge in [-0.15, -0.1) is 0 Å². The first-order valence-corrected chi connectivity index (χ1v) is 9.63. The van der Waals surface area contributed by atoms with Gasteiger partial charge in [0.1, 0.15) is 23.7 Å². The Balaban J connectivity index is 1.42. The third-order valence-corrected chi connectivity index (χ3v) is 5.68. The van der Waals surface area contributed by atoms with E-state index < -0.39 is 23.5 Å². The molecular weight excluding hydrogens is 431 g/mol. The van der Waals surface area contributed by atoms with Crippen molar-refractivity contribution in [3.63, 3.8) is 0 Å². The highest BCUT2D eigenvalue weighted by Crippen LogP contribution is 2.50. The summed E-state index contributed by atoms with van der Waals surface area (Å²) in [5, 5.41) is 2.94. The number of furan rings is 1. The molecule has 1 atom stereocenters. The quantitative estimate of drug-likeness (QED) is 0.646. The molecule has 1 unspecified atom stereocenters. The SMILES string of the molecule is O=C1NC2(COc3cc4c(cc32)OCO4)c2ncccc2N1Cc1ccc(C(F)(F)F)o1. The predicted octanol–water partition coefficient (Wildman–Crippen LogP) is 3.79. The number of aromatic nitrogens is 1. The van der Waals surface area contributed by atoms with Gasteiger partial charge in [0, 0.05) is 17.8 Å². The lowest BCUT2D eigenvalue weighted by Crippen LogP contribution is -2.58. The van der Waals surface area contributed by atoms with Crippen molar-refractivity contribution in [1.29, 1.82) is 0 Å². The number of urea groups is 1. The molecule has 0 aliphatic carbocycles. The summed E-state index contributed by atoms with van der Waals surface area (Å²) >= 11 is 0. The highest BCUT2D eigenvalue weighted by Gasteiger charge is 2.51. The van der Waals surface area contributed by atoms with Gasteiger partial charge < -0.3 is 23.9 Å². The number of nitrogens with zero attached hydrogens (tertiary/aromatic N) is 2. The Morgan fingerprint density at radius 3 is 2.69 bits per heavy atom. The van der Waals surface area contributed by atoms with Crippen LogP contribution in [0.1, 0.15) is 22.8 Å². The Kier molecular flexibility index (Phi) is 3.72. The number of fused-ring (bicyclic) bond motifs is 5. The summed E-state index contributed by atoms with van der Waals surface area (Å²) in [7, 11) is 0. The standard InChI is InChI=1S/C21H14F3N3O5/c22-21(23,24)17-4-3-11(32-17)8-27-13-2-1-5-25-18(13)20(26-19(27)28)9-29-14-7-16-15(6-12(14)20)30-10-31-16/h1-7H,8-10H2,(H,26,28). The number of anilines is 1. The molecule has 1 N–H and O–H groups in total. The van der Waals surface area contributed by atoms with Crippen molar-refractivity contribution in [3.8, 4) is 17.2 Å². The Bertz CT molecular complexity index is 1260. The Hall–Kier alpha value is -3.89. The number of hydrogen-bond donors (Lipinski definition) is 1. The molecule has 6 rings (SSSR count). The van der Waals surface area contributed by atoms with Crippen LogP contribution in [-0.2, 0) is 18.3 Å². The van der Waals surface area contributed by atoms with Gasteiger partial charge in [-0.2, -0.15) is 13.2 Å². The lowest BCUT2D eigenvalue weighted by atomic mass is 9.85. The van der Waals surface area contributed by atoms with E-state index in [1.54, 1.807) is 30.5 Å². The van der Waals surface area contributed by atoms with E-state index in [-0.39, 0.29) is 25.7 Å². The number of hydrogen-bond acceptors (Lipinski definition) is 6. The molecule has 1 aromatic carbocycles. The first-order chi connectivity index (χ1) is 15.3. The Labute approximate surface area is 178 Å². The summed E-state index contributed by atoms with van der Waals surface area (Å²) in [6.45, 7) is -0.0252. The molecule has 11 heteroatoms. The van der Waals surface area contributed by atoms with Crippen molar-refractivity contribution in [3.05, 3.63) is 65.4 Å². The Morgan fingerprint density at radius 2 is 1.91 bits per heavy atom. The highest BCUT2D eigenvalue weighted by molar-refractivity contribution is 5.96. The van der Waals surface area contributed by atoms with Gasteiger partial charge in [0.25, 0.3) is 0 Å². The molecule has 32 heavy (non-hydrogen) atoms. The molecule has 0 bridgehead atoms. The molecule has 3 aliphatic rings. The minimum atomic E-state index is -4.61. The summed E-state index contributed by atoms with van der Waals surface area (Å²) in [4.78, 5) is 19.0. The summed E-state index contributed by atoms with van der Waals surface area (Å²) < 4.78 is 60.4. The second-order valence-corrected chi connectivity index (χ2v) is 7.55. The zero-order chi connectivity index (χ0) is 22.1. The number of rotatable bonds is 2. The molecule has 3 aromatic rings. The summed E-state index contributed by atoms with van der Waals surface area (Å²) in [5.41, 5.74) is 0.517. The molecule has 164 valence electrons. The minimum absolute atomic E-state index is 0.00957. The lowest BCUT2D eigenvalue weighted by Gasteiger charge is -2.39. The molecule has 8 nitrogen and oxygen atoms in total. The highest BCUT2D eigenvalue weighted by atomic mass is 19.4. The number of carbonyl (C=O) groups excluding carboxylic acids is 1. The third kappa shape index (κ3) is 2.63. The average molecular weight is 445 g/mol. The topological polar surface area (TPSA) is 86.1 Å². The average Bonchev–Trinajstić information content (AvgIpc) is 3.49. The fourth-order valence-corrected chi connectivity index (χ4v) is 4.23. The van der Waals surface area contributed by atoms with Crippen LogP contribution in [0.15, 0.2) is 47.0 Å². The third-order valence-electron chi connectivity index (χ3n) is 5.68. The maximum absolute atomic E-state index is 13.2. The maximum Gasteiger partial charge on any atom is 0.449 e. The van der Waals surface area contributed by atoms with Crippen LogP contribution in [0, 0.1) is 0 Å². The zero-order valence-electron chi connectivity index (χ0n) is 16.2. The van der Waals surface area contributed by atoms with Crippen LogP contribution in [0.2, 0.25) is 0 Å². The van der Waals surface area contributed by atoms with E-state index in [1.165, 1.54) is 11.0 Å². The van der Waals surface area contributed by atoms with Gasteiger partial charge in [-0.1, -0.05) is 0 Å².